The summed E-state index contributed by atoms with van der Waals surface area (Å²) >= 11 is 0. The molecule has 1 saturated heterocycles. The first-order chi connectivity index (χ1) is 9.87. The van der Waals surface area contributed by atoms with Crippen LogP contribution in [0.5, 0.6) is 0 Å². The molecule has 2 fully saturated rings. The first-order valence-corrected chi connectivity index (χ1v) is 9.10. The Bertz CT molecular complexity index is 294. The van der Waals surface area contributed by atoms with Crippen LogP contribution >= 0.6 is 0 Å². The molecule has 0 aromatic heterocycles. The van der Waals surface area contributed by atoms with Crippen molar-refractivity contribution < 1.29 is 0 Å². The number of rotatable bonds is 5. The minimum atomic E-state index is 0.221. The fraction of sp³-hybridized carbons (Fsp3) is 1.00. The Hall–Kier alpha value is -0.120. The molecule has 1 aliphatic carbocycles. The van der Waals surface area contributed by atoms with Crippen molar-refractivity contribution in [2.45, 2.75) is 77.9 Å². The molecule has 1 saturated carbocycles. The van der Waals surface area contributed by atoms with Crippen LogP contribution < -0.4 is 5.32 Å². The molecule has 0 spiro atoms. The Morgan fingerprint density at radius 2 is 1.57 bits per heavy atom. The third-order valence-corrected chi connectivity index (χ3v) is 5.27. The van der Waals surface area contributed by atoms with E-state index in [9.17, 15) is 0 Å². The van der Waals surface area contributed by atoms with Gasteiger partial charge < -0.3 is 5.32 Å². The number of nitrogens with one attached hydrogen (secondary N) is 1. The van der Waals surface area contributed by atoms with Crippen molar-refractivity contribution in [2.75, 3.05) is 32.7 Å². The molecule has 3 heteroatoms. The zero-order chi connectivity index (χ0) is 15.5. The molecule has 0 aromatic rings. The third kappa shape index (κ3) is 5.22. The monoisotopic (exact) mass is 295 g/mol. The highest BCUT2D eigenvalue weighted by atomic mass is 15.3. The molecule has 1 N–H and O–H groups in total. The maximum atomic E-state index is 3.71. The summed E-state index contributed by atoms with van der Waals surface area (Å²) in [6.45, 7) is 17.7. The second kappa shape index (κ2) is 7.43. The predicted molar refractivity (Wildman–Crippen MR) is 91.8 cm³/mol. The Morgan fingerprint density at radius 3 is 2.05 bits per heavy atom. The molecule has 21 heavy (non-hydrogen) atoms. The number of hydrogen-bond acceptors (Lipinski definition) is 3. The molecule has 1 aliphatic heterocycles. The van der Waals surface area contributed by atoms with Crippen molar-refractivity contribution in [1.29, 1.82) is 0 Å². The molecule has 0 bridgehead atoms. The predicted octanol–water partition coefficient (Wildman–Crippen LogP) is 2.96. The lowest BCUT2D eigenvalue weighted by molar-refractivity contribution is 0.0530. The summed E-state index contributed by atoms with van der Waals surface area (Å²) in [5.41, 5.74) is 0.221. The van der Waals surface area contributed by atoms with Crippen LogP contribution in [0.2, 0.25) is 0 Å². The van der Waals surface area contributed by atoms with Gasteiger partial charge in [0, 0.05) is 50.3 Å². The van der Waals surface area contributed by atoms with Crippen molar-refractivity contribution in [2.24, 2.45) is 5.92 Å². The normalized spacial score (nSPS) is 24.9. The molecule has 1 atom stereocenters. The molecule has 0 amide bonds. The molecular weight excluding hydrogens is 258 g/mol. The summed E-state index contributed by atoms with van der Waals surface area (Å²) in [4.78, 5) is 5.49. The zero-order valence-corrected chi connectivity index (χ0v) is 15.0. The smallest absolute Gasteiger partial charge is 0.0244 e. The minimum Gasteiger partial charge on any atom is -0.311 e. The van der Waals surface area contributed by atoms with Gasteiger partial charge in [-0.1, -0.05) is 26.7 Å². The van der Waals surface area contributed by atoms with Crippen LogP contribution in [0, 0.1) is 5.92 Å². The second-order valence-corrected chi connectivity index (χ2v) is 8.45. The first kappa shape index (κ1) is 17.2. The summed E-state index contributed by atoms with van der Waals surface area (Å²) in [6, 6.07) is 1.58. The van der Waals surface area contributed by atoms with Crippen molar-refractivity contribution in [3.05, 3.63) is 0 Å². The largest absolute Gasteiger partial charge is 0.311 e. The van der Waals surface area contributed by atoms with E-state index in [4.69, 9.17) is 0 Å². The van der Waals surface area contributed by atoms with Gasteiger partial charge in [0.1, 0.15) is 0 Å². The average Bonchev–Trinajstić information content (AvgIpc) is 2.92. The van der Waals surface area contributed by atoms with Gasteiger partial charge in [0.2, 0.25) is 0 Å². The first-order valence-electron chi connectivity index (χ1n) is 9.10. The Balaban J connectivity index is 1.82. The molecule has 1 heterocycles. The van der Waals surface area contributed by atoms with Crippen LogP contribution in [0.15, 0.2) is 0 Å². The van der Waals surface area contributed by atoms with E-state index >= 15 is 0 Å². The van der Waals surface area contributed by atoms with E-state index in [1.165, 1.54) is 51.9 Å². The number of nitrogens with zero attached hydrogens (tertiary/aromatic N) is 2. The molecule has 2 rings (SSSR count). The maximum Gasteiger partial charge on any atom is 0.0244 e. The average molecular weight is 296 g/mol. The van der Waals surface area contributed by atoms with E-state index in [2.05, 4.69) is 49.7 Å². The molecule has 3 nitrogen and oxygen atoms in total. The van der Waals surface area contributed by atoms with Crippen LogP contribution in [-0.4, -0.2) is 60.1 Å². The van der Waals surface area contributed by atoms with Gasteiger partial charge in [-0.05, 0) is 39.5 Å². The van der Waals surface area contributed by atoms with E-state index in [0.29, 0.717) is 6.04 Å². The SMILES string of the molecule is CC(C)C(CNC(C)(C)C)N1CCN(C2CCCC2)CC1. The van der Waals surface area contributed by atoms with Gasteiger partial charge in [0.25, 0.3) is 0 Å². The fourth-order valence-electron chi connectivity index (χ4n) is 3.90. The number of piperazine rings is 1. The summed E-state index contributed by atoms with van der Waals surface area (Å²) in [5.74, 6) is 0.720. The quantitative estimate of drug-likeness (QED) is 0.841. The van der Waals surface area contributed by atoms with Crippen molar-refractivity contribution in [3.8, 4) is 0 Å². The highest BCUT2D eigenvalue weighted by Crippen LogP contribution is 2.25. The van der Waals surface area contributed by atoms with E-state index in [1.54, 1.807) is 0 Å². The fourth-order valence-corrected chi connectivity index (χ4v) is 3.90. The summed E-state index contributed by atoms with van der Waals surface area (Å²) in [5, 5.41) is 3.71. The van der Waals surface area contributed by atoms with E-state index in [-0.39, 0.29) is 5.54 Å². The molecule has 0 aromatic carbocycles. The zero-order valence-electron chi connectivity index (χ0n) is 15.0. The molecular formula is C18H37N3. The lowest BCUT2D eigenvalue weighted by atomic mass is 9.99. The van der Waals surface area contributed by atoms with Crippen LogP contribution in [0.3, 0.4) is 0 Å². The minimum absolute atomic E-state index is 0.221. The molecule has 124 valence electrons. The van der Waals surface area contributed by atoms with Gasteiger partial charge in [-0.2, -0.15) is 0 Å². The molecule has 2 aliphatic rings. The van der Waals surface area contributed by atoms with Crippen molar-refractivity contribution in [1.82, 2.24) is 15.1 Å². The van der Waals surface area contributed by atoms with Gasteiger partial charge in [-0.3, -0.25) is 9.80 Å². The summed E-state index contributed by atoms with van der Waals surface area (Å²) in [7, 11) is 0. The Kier molecular flexibility index (Phi) is 6.10. The number of hydrogen-bond donors (Lipinski definition) is 1. The van der Waals surface area contributed by atoms with Crippen LogP contribution in [0.1, 0.15) is 60.3 Å². The van der Waals surface area contributed by atoms with Crippen molar-refractivity contribution in [3.63, 3.8) is 0 Å². The maximum absolute atomic E-state index is 3.71. The Labute approximate surface area is 132 Å². The topological polar surface area (TPSA) is 18.5 Å². The summed E-state index contributed by atoms with van der Waals surface area (Å²) in [6.07, 6.45) is 5.79. The van der Waals surface area contributed by atoms with Crippen LogP contribution in [0.4, 0.5) is 0 Å². The lowest BCUT2D eigenvalue weighted by Gasteiger charge is -2.43. The summed E-state index contributed by atoms with van der Waals surface area (Å²) < 4.78 is 0. The second-order valence-electron chi connectivity index (χ2n) is 8.45. The van der Waals surface area contributed by atoms with Gasteiger partial charge in [-0.25, -0.2) is 0 Å². The van der Waals surface area contributed by atoms with Gasteiger partial charge >= 0.3 is 0 Å². The Morgan fingerprint density at radius 1 is 1.00 bits per heavy atom. The van der Waals surface area contributed by atoms with E-state index in [0.717, 1.165) is 18.5 Å². The highest BCUT2D eigenvalue weighted by molar-refractivity contribution is 4.87. The van der Waals surface area contributed by atoms with E-state index < -0.39 is 0 Å². The van der Waals surface area contributed by atoms with Crippen LogP contribution in [-0.2, 0) is 0 Å². The van der Waals surface area contributed by atoms with Crippen LogP contribution in [0.25, 0.3) is 0 Å². The molecule has 1 unspecified atom stereocenters. The van der Waals surface area contributed by atoms with Crippen molar-refractivity contribution >= 4 is 0 Å². The third-order valence-electron chi connectivity index (χ3n) is 5.27. The van der Waals surface area contributed by atoms with Gasteiger partial charge in [0.05, 0.1) is 0 Å². The van der Waals surface area contributed by atoms with Gasteiger partial charge in [0.15, 0.2) is 0 Å². The molecule has 0 radical (unpaired) electrons. The standard InChI is InChI=1S/C18H37N3/c1-15(2)17(14-19-18(3,4)5)21-12-10-20(11-13-21)16-8-6-7-9-16/h15-17,19H,6-14H2,1-5H3. The lowest BCUT2D eigenvalue weighted by Crippen LogP contribution is -2.57. The van der Waals surface area contributed by atoms with E-state index in [1.807, 2.05) is 0 Å². The highest BCUT2D eigenvalue weighted by Gasteiger charge is 2.30. The van der Waals surface area contributed by atoms with Gasteiger partial charge in [-0.15, -0.1) is 0 Å².